The van der Waals surface area contributed by atoms with Gasteiger partial charge in [-0.2, -0.15) is 5.10 Å². The van der Waals surface area contributed by atoms with Gasteiger partial charge in [0.25, 0.3) is 5.91 Å². The summed E-state index contributed by atoms with van der Waals surface area (Å²) in [6.45, 7) is 0. The van der Waals surface area contributed by atoms with Gasteiger partial charge in [-0.25, -0.2) is 5.48 Å². The number of amides is 1. The molecule has 0 bridgehead atoms. The van der Waals surface area contributed by atoms with Gasteiger partial charge in [-0.1, -0.05) is 30.0 Å². The number of carbonyl (C=O) groups excluding carboxylic acids is 1. The summed E-state index contributed by atoms with van der Waals surface area (Å²) in [4.78, 5) is 11.4. The van der Waals surface area contributed by atoms with E-state index in [2.05, 4.69) is 16.9 Å². The van der Waals surface area contributed by atoms with E-state index in [1.54, 1.807) is 12.5 Å². The molecule has 0 spiro atoms. The lowest BCUT2D eigenvalue weighted by Gasteiger charge is -1.99. The summed E-state index contributed by atoms with van der Waals surface area (Å²) >= 11 is 0. The number of hydrogen-bond acceptors (Lipinski definition) is 3. The molecule has 0 fully saturated rings. The van der Waals surface area contributed by atoms with Crippen molar-refractivity contribution in [1.29, 1.82) is 0 Å². The van der Waals surface area contributed by atoms with E-state index in [1.165, 1.54) is 10.9 Å². The highest BCUT2D eigenvalue weighted by Crippen LogP contribution is 2.06. The predicted octanol–water partition coefficient (Wildman–Crippen LogP) is 0.939. The lowest BCUT2D eigenvalue weighted by molar-refractivity contribution is 0.0695. The van der Waals surface area contributed by atoms with Crippen molar-refractivity contribution in [1.82, 2.24) is 15.3 Å². The number of aromatic nitrogens is 2. The third kappa shape index (κ3) is 2.39. The normalized spacial score (nSPS) is 9.44. The Kier molecular flexibility index (Phi) is 3.41. The fourth-order valence-electron chi connectivity index (χ4n) is 1.51. The molecule has 2 N–H and O–H groups in total. The highest BCUT2D eigenvalue weighted by molar-refractivity contribution is 5.94. The molecule has 2 rings (SSSR count). The van der Waals surface area contributed by atoms with Crippen molar-refractivity contribution in [3.8, 4) is 11.8 Å². The zero-order chi connectivity index (χ0) is 13.0. The smallest absolute Gasteiger partial charge is 0.288 e. The van der Waals surface area contributed by atoms with Crippen molar-refractivity contribution < 1.29 is 10.0 Å². The van der Waals surface area contributed by atoms with Gasteiger partial charge in [0, 0.05) is 12.6 Å². The van der Waals surface area contributed by atoms with Crippen LogP contribution in [0, 0.1) is 11.8 Å². The molecule has 1 aromatic carbocycles. The van der Waals surface area contributed by atoms with E-state index < -0.39 is 5.91 Å². The highest BCUT2D eigenvalue weighted by Gasteiger charge is 2.14. The van der Waals surface area contributed by atoms with Gasteiger partial charge in [-0.3, -0.25) is 14.7 Å². The number of nitrogens with one attached hydrogen (secondary N) is 1. The van der Waals surface area contributed by atoms with Gasteiger partial charge in [0.15, 0.2) is 0 Å². The summed E-state index contributed by atoms with van der Waals surface area (Å²) < 4.78 is 1.36. The average Bonchev–Trinajstić information content (AvgIpc) is 2.78. The Morgan fingerprint density at radius 3 is 2.72 bits per heavy atom. The number of rotatable bonds is 1. The standard InChI is InChI=1S/C13H11N3O2/c1-16-12(13(17)15-18)11(9-14-16)8-7-10-5-3-2-4-6-10/h2-6,9,18H,1H3,(H,15,17). The minimum atomic E-state index is -0.632. The molecule has 18 heavy (non-hydrogen) atoms. The summed E-state index contributed by atoms with van der Waals surface area (Å²) in [7, 11) is 1.61. The van der Waals surface area contributed by atoms with E-state index in [0.29, 0.717) is 5.56 Å². The van der Waals surface area contributed by atoms with Gasteiger partial charge in [-0.05, 0) is 12.1 Å². The minimum absolute atomic E-state index is 0.223. The maximum atomic E-state index is 11.4. The zero-order valence-electron chi connectivity index (χ0n) is 9.71. The van der Waals surface area contributed by atoms with Crippen LogP contribution in [-0.4, -0.2) is 20.9 Å². The van der Waals surface area contributed by atoms with Crippen LogP contribution in [0.25, 0.3) is 0 Å². The second-order valence-corrected chi connectivity index (χ2v) is 3.59. The van der Waals surface area contributed by atoms with Gasteiger partial charge in [0.05, 0.1) is 11.8 Å². The molecule has 0 unspecified atom stereocenters. The number of hydrogen-bond donors (Lipinski definition) is 2. The first kappa shape index (κ1) is 11.9. The molecule has 1 amide bonds. The third-order valence-corrected chi connectivity index (χ3v) is 2.37. The quantitative estimate of drug-likeness (QED) is 0.443. The molecule has 1 heterocycles. The molecule has 2 aromatic rings. The van der Waals surface area contributed by atoms with Crippen LogP contribution in [0.4, 0.5) is 0 Å². The Morgan fingerprint density at radius 1 is 1.33 bits per heavy atom. The van der Waals surface area contributed by atoms with Crippen LogP contribution in [0.2, 0.25) is 0 Å². The Bertz CT molecular complexity index is 621. The monoisotopic (exact) mass is 241 g/mol. The molecular formula is C13H11N3O2. The van der Waals surface area contributed by atoms with Crippen LogP contribution in [0.5, 0.6) is 0 Å². The summed E-state index contributed by atoms with van der Waals surface area (Å²) in [6, 6.07) is 9.41. The molecule has 0 aliphatic carbocycles. The van der Waals surface area contributed by atoms with Gasteiger partial charge in [0.1, 0.15) is 5.69 Å². The highest BCUT2D eigenvalue weighted by atomic mass is 16.5. The van der Waals surface area contributed by atoms with Crippen molar-refractivity contribution in [2.45, 2.75) is 0 Å². The summed E-state index contributed by atoms with van der Waals surface area (Å²) in [5, 5.41) is 12.6. The Labute approximate surface area is 104 Å². The number of benzene rings is 1. The largest absolute Gasteiger partial charge is 0.294 e. The van der Waals surface area contributed by atoms with E-state index in [0.717, 1.165) is 5.56 Å². The van der Waals surface area contributed by atoms with E-state index in [9.17, 15) is 4.79 Å². The fourth-order valence-corrected chi connectivity index (χ4v) is 1.51. The van der Waals surface area contributed by atoms with Crippen molar-refractivity contribution in [2.75, 3.05) is 0 Å². The molecule has 0 saturated carbocycles. The SMILES string of the molecule is Cn1ncc(C#Cc2ccccc2)c1C(=O)NO. The third-order valence-electron chi connectivity index (χ3n) is 2.37. The number of aryl methyl sites for hydroxylation is 1. The van der Waals surface area contributed by atoms with Crippen LogP contribution < -0.4 is 5.48 Å². The zero-order valence-corrected chi connectivity index (χ0v) is 9.71. The summed E-state index contributed by atoms with van der Waals surface area (Å²) in [6.07, 6.45) is 1.49. The molecule has 0 radical (unpaired) electrons. The molecule has 0 aliphatic heterocycles. The molecule has 90 valence electrons. The fraction of sp³-hybridized carbons (Fsp3) is 0.0769. The second kappa shape index (κ2) is 5.17. The van der Waals surface area contributed by atoms with E-state index in [4.69, 9.17) is 5.21 Å². The number of carbonyl (C=O) groups is 1. The lowest BCUT2D eigenvalue weighted by Crippen LogP contribution is -2.22. The lowest BCUT2D eigenvalue weighted by atomic mass is 10.2. The second-order valence-electron chi connectivity index (χ2n) is 3.59. The molecule has 0 saturated heterocycles. The first-order valence-electron chi connectivity index (χ1n) is 5.26. The molecule has 1 aromatic heterocycles. The van der Waals surface area contributed by atoms with Crippen LogP contribution in [0.3, 0.4) is 0 Å². The van der Waals surface area contributed by atoms with E-state index in [-0.39, 0.29) is 5.69 Å². The predicted molar refractivity (Wildman–Crippen MR) is 64.9 cm³/mol. The Morgan fingerprint density at radius 2 is 2.06 bits per heavy atom. The molecule has 0 atom stereocenters. The Hall–Kier alpha value is -2.58. The molecule has 0 aliphatic rings. The Balaban J connectivity index is 2.37. The van der Waals surface area contributed by atoms with Gasteiger partial charge >= 0.3 is 0 Å². The first-order chi connectivity index (χ1) is 8.72. The van der Waals surface area contributed by atoms with Gasteiger partial charge in [0.2, 0.25) is 0 Å². The molecule has 5 nitrogen and oxygen atoms in total. The maximum Gasteiger partial charge on any atom is 0.294 e. The number of nitrogens with zero attached hydrogens (tertiary/aromatic N) is 2. The van der Waals surface area contributed by atoms with E-state index >= 15 is 0 Å². The van der Waals surface area contributed by atoms with Crippen molar-refractivity contribution in [3.05, 3.63) is 53.3 Å². The number of hydroxylamine groups is 1. The van der Waals surface area contributed by atoms with Gasteiger partial charge in [-0.15, -0.1) is 0 Å². The van der Waals surface area contributed by atoms with E-state index in [1.807, 2.05) is 30.3 Å². The molecule has 5 heteroatoms. The van der Waals surface area contributed by atoms with Crippen molar-refractivity contribution in [3.63, 3.8) is 0 Å². The van der Waals surface area contributed by atoms with Crippen LogP contribution in [0.1, 0.15) is 21.6 Å². The topological polar surface area (TPSA) is 67.2 Å². The van der Waals surface area contributed by atoms with Crippen LogP contribution >= 0.6 is 0 Å². The summed E-state index contributed by atoms with van der Waals surface area (Å²) in [5.74, 6) is 5.16. The van der Waals surface area contributed by atoms with Crippen LogP contribution in [0.15, 0.2) is 36.5 Å². The van der Waals surface area contributed by atoms with Crippen molar-refractivity contribution in [2.24, 2.45) is 7.05 Å². The van der Waals surface area contributed by atoms with Crippen molar-refractivity contribution >= 4 is 5.91 Å². The van der Waals surface area contributed by atoms with Crippen LogP contribution in [-0.2, 0) is 7.05 Å². The average molecular weight is 241 g/mol. The first-order valence-corrected chi connectivity index (χ1v) is 5.26. The molecular weight excluding hydrogens is 230 g/mol. The maximum absolute atomic E-state index is 11.4. The van der Waals surface area contributed by atoms with Gasteiger partial charge < -0.3 is 0 Å². The summed E-state index contributed by atoms with van der Waals surface area (Å²) in [5.41, 5.74) is 3.11. The minimum Gasteiger partial charge on any atom is -0.288 e.